The summed E-state index contributed by atoms with van der Waals surface area (Å²) in [6, 6.07) is 13.7. The van der Waals surface area contributed by atoms with Crippen LogP contribution in [0.4, 0.5) is 4.39 Å². The standard InChI is InChI=1S/C16H15ClFNOS/c17-13-5-3-4-12(10-13)11-21-9-8-19-16(20)14-6-1-2-7-15(14)18/h1-7,10H,8-9,11H2,(H,19,20). The highest BCUT2D eigenvalue weighted by molar-refractivity contribution is 7.98. The van der Waals surface area contributed by atoms with E-state index >= 15 is 0 Å². The average molecular weight is 324 g/mol. The van der Waals surface area contributed by atoms with Gasteiger partial charge < -0.3 is 5.32 Å². The summed E-state index contributed by atoms with van der Waals surface area (Å²) in [6.07, 6.45) is 0. The third-order valence-electron chi connectivity index (χ3n) is 2.81. The Balaban J connectivity index is 1.70. The summed E-state index contributed by atoms with van der Waals surface area (Å²) in [6.45, 7) is 0.498. The molecule has 0 aliphatic heterocycles. The van der Waals surface area contributed by atoms with Crippen molar-refractivity contribution in [2.75, 3.05) is 12.3 Å². The van der Waals surface area contributed by atoms with Gasteiger partial charge in [-0.05, 0) is 29.8 Å². The smallest absolute Gasteiger partial charge is 0.254 e. The monoisotopic (exact) mass is 323 g/mol. The summed E-state index contributed by atoms with van der Waals surface area (Å²) in [7, 11) is 0. The third-order valence-corrected chi connectivity index (χ3v) is 4.07. The maximum absolute atomic E-state index is 13.4. The molecule has 0 fully saturated rings. The van der Waals surface area contributed by atoms with E-state index in [1.165, 1.54) is 12.1 Å². The van der Waals surface area contributed by atoms with Crippen LogP contribution in [0.15, 0.2) is 48.5 Å². The second kappa shape index (κ2) is 8.05. The maximum atomic E-state index is 13.4. The molecule has 2 nitrogen and oxygen atoms in total. The number of thioether (sulfide) groups is 1. The van der Waals surface area contributed by atoms with Crippen molar-refractivity contribution in [3.05, 3.63) is 70.5 Å². The fourth-order valence-corrected chi connectivity index (χ4v) is 2.81. The zero-order valence-electron chi connectivity index (χ0n) is 11.3. The Morgan fingerprint density at radius 1 is 1.19 bits per heavy atom. The predicted octanol–water partition coefficient (Wildman–Crippen LogP) is 4.14. The lowest BCUT2D eigenvalue weighted by molar-refractivity contribution is 0.0952. The first-order valence-corrected chi connectivity index (χ1v) is 8.05. The van der Waals surface area contributed by atoms with E-state index in [9.17, 15) is 9.18 Å². The van der Waals surface area contributed by atoms with Gasteiger partial charge in [0.05, 0.1) is 5.56 Å². The van der Waals surface area contributed by atoms with Crippen LogP contribution in [0.1, 0.15) is 15.9 Å². The maximum Gasteiger partial charge on any atom is 0.254 e. The van der Waals surface area contributed by atoms with Gasteiger partial charge in [0.15, 0.2) is 0 Å². The molecule has 0 aromatic heterocycles. The molecule has 1 N–H and O–H groups in total. The molecule has 2 aromatic carbocycles. The molecule has 0 heterocycles. The number of amides is 1. The predicted molar refractivity (Wildman–Crippen MR) is 86.3 cm³/mol. The summed E-state index contributed by atoms with van der Waals surface area (Å²) in [5.41, 5.74) is 1.23. The van der Waals surface area contributed by atoms with Gasteiger partial charge in [-0.15, -0.1) is 0 Å². The molecule has 110 valence electrons. The molecule has 0 bridgehead atoms. The molecule has 0 saturated heterocycles. The van der Waals surface area contributed by atoms with Gasteiger partial charge in [-0.2, -0.15) is 11.8 Å². The Labute approximate surface area is 132 Å². The van der Waals surface area contributed by atoms with Crippen molar-refractivity contribution >= 4 is 29.3 Å². The van der Waals surface area contributed by atoms with Crippen molar-refractivity contribution < 1.29 is 9.18 Å². The number of hydrogen-bond acceptors (Lipinski definition) is 2. The molecule has 0 aliphatic rings. The molecular weight excluding hydrogens is 309 g/mol. The van der Waals surface area contributed by atoms with E-state index in [0.29, 0.717) is 6.54 Å². The van der Waals surface area contributed by atoms with Crippen LogP contribution in [0.5, 0.6) is 0 Å². The summed E-state index contributed by atoms with van der Waals surface area (Å²) in [4.78, 5) is 11.8. The zero-order valence-corrected chi connectivity index (χ0v) is 12.9. The summed E-state index contributed by atoms with van der Waals surface area (Å²) in [5.74, 6) is 0.709. The van der Waals surface area contributed by atoms with Gasteiger partial charge in [0.1, 0.15) is 5.82 Å². The second-order valence-electron chi connectivity index (χ2n) is 4.42. The summed E-state index contributed by atoms with van der Waals surface area (Å²) in [5, 5.41) is 3.43. The number of hydrogen-bond donors (Lipinski definition) is 1. The van der Waals surface area contributed by atoms with Gasteiger partial charge in [-0.25, -0.2) is 4.39 Å². The second-order valence-corrected chi connectivity index (χ2v) is 5.96. The largest absolute Gasteiger partial charge is 0.351 e. The summed E-state index contributed by atoms with van der Waals surface area (Å²) < 4.78 is 13.4. The Bertz CT molecular complexity index is 621. The van der Waals surface area contributed by atoms with Crippen LogP contribution >= 0.6 is 23.4 Å². The van der Waals surface area contributed by atoms with Crippen LogP contribution in [0.2, 0.25) is 5.02 Å². The van der Waals surface area contributed by atoms with Gasteiger partial charge >= 0.3 is 0 Å². The Kier molecular flexibility index (Phi) is 6.08. The number of carbonyl (C=O) groups excluding carboxylic acids is 1. The van der Waals surface area contributed by atoms with E-state index in [1.54, 1.807) is 23.9 Å². The number of carbonyl (C=O) groups is 1. The van der Waals surface area contributed by atoms with Crippen LogP contribution in [0.25, 0.3) is 0 Å². The van der Waals surface area contributed by atoms with E-state index in [-0.39, 0.29) is 11.5 Å². The minimum atomic E-state index is -0.499. The lowest BCUT2D eigenvalue weighted by Gasteiger charge is -2.06. The molecule has 21 heavy (non-hydrogen) atoms. The highest BCUT2D eigenvalue weighted by Crippen LogP contribution is 2.16. The van der Waals surface area contributed by atoms with Crippen molar-refractivity contribution in [2.45, 2.75) is 5.75 Å². The number of rotatable bonds is 6. The molecular formula is C16H15ClFNOS. The average Bonchev–Trinajstić information content (AvgIpc) is 2.47. The van der Waals surface area contributed by atoms with Crippen molar-refractivity contribution in [1.29, 1.82) is 0 Å². The van der Waals surface area contributed by atoms with Crippen LogP contribution in [-0.4, -0.2) is 18.2 Å². The molecule has 1 amide bonds. The Hall–Kier alpha value is -1.52. The lowest BCUT2D eigenvalue weighted by Crippen LogP contribution is -2.26. The van der Waals surface area contributed by atoms with Crippen LogP contribution in [0.3, 0.4) is 0 Å². The highest BCUT2D eigenvalue weighted by atomic mass is 35.5. The number of halogens is 2. The molecule has 0 spiro atoms. The van der Waals surface area contributed by atoms with E-state index in [2.05, 4.69) is 5.32 Å². The van der Waals surface area contributed by atoms with Gasteiger partial charge in [-0.3, -0.25) is 4.79 Å². The SMILES string of the molecule is O=C(NCCSCc1cccc(Cl)c1)c1ccccc1F. The fraction of sp³-hybridized carbons (Fsp3) is 0.188. The molecule has 0 unspecified atom stereocenters. The zero-order chi connectivity index (χ0) is 15.1. The third kappa shape index (κ3) is 5.06. The topological polar surface area (TPSA) is 29.1 Å². The van der Waals surface area contributed by atoms with E-state index in [1.807, 2.05) is 24.3 Å². The van der Waals surface area contributed by atoms with Crippen LogP contribution < -0.4 is 5.32 Å². The number of benzene rings is 2. The molecule has 0 radical (unpaired) electrons. The van der Waals surface area contributed by atoms with Gasteiger partial charge in [0, 0.05) is 23.1 Å². The first-order chi connectivity index (χ1) is 10.2. The fourth-order valence-electron chi connectivity index (χ4n) is 1.79. The summed E-state index contributed by atoms with van der Waals surface area (Å²) >= 11 is 7.60. The normalized spacial score (nSPS) is 10.4. The quantitative estimate of drug-likeness (QED) is 0.809. The number of nitrogens with one attached hydrogen (secondary N) is 1. The Morgan fingerprint density at radius 2 is 2.00 bits per heavy atom. The van der Waals surface area contributed by atoms with Gasteiger partial charge in [0.2, 0.25) is 0 Å². The Morgan fingerprint density at radius 3 is 2.76 bits per heavy atom. The first kappa shape index (κ1) is 15.9. The van der Waals surface area contributed by atoms with E-state index in [4.69, 9.17) is 11.6 Å². The molecule has 0 saturated carbocycles. The van der Waals surface area contributed by atoms with Crippen molar-refractivity contribution in [2.24, 2.45) is 0 Å². The van der Waals surface area contributed by atoms with Gasteiger partial charge in [-0.1, -0.05) is 35.9 Å². The van der Waals surface area contributed by atoms with Crippen molar-refractivity contribution in [3.8, 4) is 0 Å². The minimum absolute atomic E-state index is 0.0809. The van der Waals surface area contributed by atoms with Crippen molar-refractivity contribution in [3.63, 3.8) is 0 Å². The highest BCUT2D eigenvalue weighted by Gasteiger charge is 2.09. The minimum Gasteiger partial charge on any atom is -0.351 e. The van der Waals surface area contributed by atoms with Gasteiger partial charge in [0.25, 0.3) is 5.91 Å². The van der Waals surface area contributed by atoms with E-state index in [0.717, 1.165) is 22.1 Å². The van der Waals surface area contributed by atoms with Crippen LogP contribution in [0, 0.1) is 5.82 Å². The molecule has 0 atom stereocenters. The molecule has 5 heteroatoms. The van der Waals surface area contributed by atoms with Crippen LogP contribution in [-0.2, 0) is 5.75 Å². The van der Waals surface area contributed by atoms with Crippen molar-refractivity contribution in [1.82, 2.24) is 5.32 Å². The van der Waals surface area contributed by atoms with E-state index < -0.39 is 5.82 Å². The molecule has 0 aliphatic carbocycles. The lowest BCUT2D eigenvalue weighted by atomic mass is 10.2. The molecule has 2 aromatic rings. The molecule has 2 rings (SSSR count). The first-order valence-electron chi connectivity index (χ1n) is 6.52.